The number of aryl methyl sites for hydroxylation is 1. The fraction of sp³-hybridized carbons (Fsp3) is 0.364. The lowest BCUT2D eigenvalue weighted by Crippen LogP contribution is -2.04. The van der Waals surface area contributed by atoms with Gasteiger partial charge in [0.1, 0.15) is 0 Å². The Bertz CT molecular complexity index is 254. The molecule has 0 N–H and O–H groups in total. The monoisotopic (exact) mass is 177 g/mol. The van der Waals surface area contributed by atoms with Crippen molar-refractivity contribution in [3.63, 3.8) is 0 Å². The molecule has 0 aliphatic carbocycles. The Labute approximate surface area is 78.5 Å². The van der Waals surface area contributed by atoms with E-state index in [1.165, 1.54) is 0 Å². The minimum Gasteiger partial charge on any atom is -0.466 e. The van der Waals surface area contributed by atoms with Crippen molar-refractivity contribution in [3.8, 4) is 0 Å². The van der Waals surface area contributed by atoms with Crippen LogP contribution in [0.2, 0.25) is 0 Å². The van der Waals surface area contributed by atoms with Gasteiger partial charge < -0.3 is 4.74 Å². The average Bonchev–Trinajstić information content (AvgIpc) is 2.17. The molecule has 0 aliphatic heterocycles. The zero-order chi connectivity index (χ0) is 9.52. The molecule has 0 aromatic heterocycles. The van der Waals surface area contributed by atoms with E-state index in [0.29, 0.717) is 19.4 Å². The predicted octanol–water partition coefficient (Wildman–Crippen LogP) is 1.98. The molecule has 0 atom stereocenters. The number of esters is 1. The van der Waals surface area contributed by atoms with Gasteiger partial charge in [-0.2, -0.15) is 0 Å². The first-order chi connectivity index (χ1) is 6.33. The molecular formula is C11H13O2. The van der Waals surface area contributed by atoms with Crippen LogP contribution in [0.3, 0.4) is 0 Å². The third-order valence-electron chi connectivity index (χ3n) is 1.68. The molecule has 2 nitrogen and oxygen atoms in total. The molecule has 1 rings (SSSR count). The van der Waals surface area contributed by atoms with Gasteiger partial charge in [-0.3, -0.25) is 4.79 Å². The highest BCUT2D eigenvalue weighted by Crippen LogP contribution is 2.02. The first-order valence-corrected chi connectivity index (χ1v) is 4.44. The van der Waals surface area contributed by atoms with E-state index in [0.717, 1.165) is 5.56 Å². The minimum atomic E-state index is -0.139. The zero-order valence-electron chi connectivity index (χ0n) is 7.75. The van der Waals surface area contributed by atoms with E-state index in [1.807, 2.05) is 31.2 Å². The van der Waals surface area contributed by atoms with Crippen molar-refractivity contribution >= 4 is 5.97 Å². The molecule has 1 aromatic carbocycles. The minimum absolute atomic E-state index is 0.139. The van der Waals surface area contributed by atoms with E-state index in [4.69, 9.17) is 4.74 Å². The van der Waals surface area contributed by atoms with Gasteiger partial charge in [-0.05, 0) is 25.0 Å². The van der Waals surface area contributed by atoms with E-state index < -0.39 is 0 Å². The summed E-state index contributed by atoms with van der Waals surface area (Å²) in [4.78, 5) is 11.0. The molecule has 69 valence electrons. The van der Waals surface area contributed by atoms with E-state index in [1.54, 1.807) is 0 Å². The van der Waals surface area contributed by atoms with Gasteiger partial charge in [0.15, 0.2) is 0 Å². The van der Waals surface area contributed by atoms with Gasteiger partial charge in [0.25, 0.3) is 0 Å². The summed E-state index contributed by atoms with van der Waals surface area (Å²) in [5.41, 5.74) is 1.05. The summed E-state index contributed by atoms with van der Waals surface area (Å²) in [7, 11) is 0. The molecule has 0 aliphatic rings. The quantitative estimate of drug-likeness (QED) is 0.657. The second-order valence-corrected chi connectivity index (χ2v) is 2.69. The molecule has 0 saturated heterocycles. The fourth-order valence-corrected chi connectivity index (χ4v) is 1.06. The first-order valence-electron chi connectivity index (χ1n) is 4.44. The van der Waals surface area contributed by atoms with Crippen molar-refractivity contribution < 1.29 is 9.53 Å². The van der Waals surface area contributed by atoms with Gasteiger partial charge in [0.05, 0.1) is 6.61 Å². The Hall–Kier alpha value is -1.31. The lowest BCUT2D eigenvalue weighted by molar-refractivity contribution is -0.143. The lowest BCUT2D eigenvalue weighted by Gasteiger charge is -2.00. The van der Waals surface area contributed by atoms with Gasteiger partial charge >= 0.3 is 5.97 Å². The van der Waals surface area contributed by atoms with Crippen LogP contribution in [0.4, 0.5) is 0 Å². The van der Waals surface area contributed by atoms with Gasteiger partial charge in [0, 0.05) is 6.42 Å². The van der Waals surface area contributed by atoms with Crippen LogP contribution in [0.15, 0.2) is 24.3 Å². The summed E-state index contributed by atoms with van der Waals surface area (Å²) in [6, 6.07) is 10.7. The van der Waals surface area contributed by atoms with Crippen molar-refractivity contribution in [2.75, 3.05) is 6.61 Å². The summed E-state index contributed by atoms with van der Waals surface area (Å²) in [6.45, 7) is 2.27. The van der Waals surface area contributed by atoms with Crippen LogP contribution < -0.4 is 0 Å². The van der Waals surface area contributed by atoms with Crippen molar-refractivity contribution in [1.29, 1.82) is 0 Å². The lowest BCUT2D eigenvalue weighted by atomic mass is 10.1. The highest BCUT2D eigenvalue weighted by molar-refractivity contribution is 5.69. The second-order valence-electron chi connectivity index (χ2n) is 2.69. The molecular weight excluding hydrogens is 164 g/mol. The van der Waals surface area contributed by atoms with Crippen molar-refractivity contribution in [1.82, 2.24) is 0 Å². The van der Waals surface area contributed by atoms with Crippen molar-refractivity contribution in [3.05, 3.63) is 35.9 Å². The Morgan fingerprint density at radius 1 is 1.54 bits per heavy atom. The van der Waals surface area contributed by atoms with Crippen LogP contribution in [-0.2, 0) is 16.0 Å². The van der Waals surface area contributed by atoms with Gasteiger partial charge in [-0.1, -0.05) is 24.3 Å². The third-order valence-corrected chi connectivity index (χ3v) is 1.68. The maximum atomic E-state index is 11.0. The predicted molar refractivity (Wildman–Crippen MR) is 50.2 cm³/mol. The molecule has 0 saturated carbocycles. The van der Waals surface area contributed by atoms with E-state index in [9.17, 15) is 4.79 Å². The Morgan fingerprint density at radius 3 is 3.00 bits per heavy atom. The molecule has 0 fully saturated rings. The van der Waals surface area contributed by atoms with Crippen LogP contribution in [0.1, 0.15) is 18.9 Å². The standard InChI is InChI=1S/C11H13O2/c1-2-13-11(12)9-8-10-6-4-3-5-7-10/h3-6H,2,8-9H2,1H3. The molecule has 1 aromatic rings. The average molecular weight is 177 g/mol. The van der Waals surface area contributed by atoms with Crippen LogP contribution >= 0.6 is 0 Å². The van der Waals surface area contributed by atoms with Gasteiger partial charge in [0.2, 0.25) is 0 Å². The third kappa shape index (κ3) is 3.74. The number of hydrogen-bond acceptors (Lipinski definition) is 2. The van der Waals surface area contributed by atoms with Crippen LogP contribution in [0.5, 0.6) is 0 Å². The maximum Gasteiger partial charge on any atom is 0.306 e. The zero-order valence-corrected chi connectivity index (χ0v) is 7.75. The topological polar surface area (TPSA) is 26.3 Å². The number of carbonyl (C=O) groups is 1. The molecule has 0 spiro atoms. The van der Waals surface area contributed by atoms with E-state index in [-0.39, 0.29) is 5.97 Å². The van der Waals surface area contributed by atoms with Gasteiger partial charge in [-0.25, -0.2) is 0 Å². The smallest absolute Gasteiger partial charge is 0.306 e. The summed E-state index contributed by atoms with van der Waals surface area (Å²) in [5, 5.41) is 0. The molecule has 0 bridgehead atoms. The number of benzene rings is 1. The molecule has 0 amide bonds. The number of ether oxygens (including phenoxy) is 1. The Balaban J connectivity index is 2.31. The van der Waals surface area contributed by atoms with E-state index >= 15 is 0 Å². The molecule has 0 unspecified atom stereocenters. The Morgan fingerprint density at radius 2 is 2.38 bits per heavy atom. The largest absolute Gasteiger partial charge is 0.466 e. The van der Waals surface area contributed by atoms with Crippen LogP contribution in [-0.4, -0.2) is 12.6 Å². The van der Waals surface area contributed by atoms with E-state index in [2.05, 4.69) is 6.07 Å². The first kappa shape index (κ1) is 9.78. The molecule has 2 heteroatoms. The van der Waals surface area contributed by atoms with Crippen LogP contribution in [0, 0.1) is 6.07 Å². The highest BCUT2D eigenvalue weighted by Gasteiger charge is 2.01. The number of hydrogen-bond donors (Lipinski definition) is 0. The highest BCUT2D eigenvalue weighted by atomic mass is 16.5. The normalized spacial score (nSPS) is 9.62. The molecule has 13 heavy (non-hydrogen) atoms. The second kappa shape index (κ2) is 5.36. The Kier molecular flexibility index (Phi) is 4.03. The summed E-state index contributed by atoms with van der Waals surface area (Å²) < 4.78 is 4.81. The summed E-state index contributed by atoms with van der Waals surface area (Å²) in [5.74, 6) is -0.139. The molecule has 1 radical (unpaired) electrons. The number of rotatable bonds is 4. The number of carbonyl (C=O) groups excluding carboxylic acids is 1. The van der Waals surface area contributed by atoms with Gasteiger partial charge in [-0.15, -0.1) is 0 Å². The van der Waals surface area contributed by atoms with Crippen molar-refractivity contribution in [2.24, 2.45) is 0 Å². The van der Waals surface area contributed by atoms with Crippen molar-refractivity contribution in [2.45, 2.75) is 19.8 Å². The summed E-state index contributed by atoms with van der Waals surface area (Å²) >= 11 is 0. The summed E-state index contributed by atoms with van der Waals surface area (Å²) in [6.07, 6.45) is 1.15. The SMILES string of the molecule is CCOC(=O)CCc1[c]cccc1. The fourth-order valence-electron chi connectivity index (χ4n) is 1.06. The molecule has 0 heterocycles. The maximum absolute atomic E-state index is 11.0. The van der Waals surface area contributed by atoms with Crippen LogP contribution in [0.25, 0.3) is 0 Å².